The third-order valence-corrected chi connectivity index (χ3v) is 3.71. The van der Waals surface area contributed by atoms with E-state index in [1.54, 1.807) is 42.5 Å². The Morgan fingerprint density at radius 2 is 1.75 bits per heavy atom. The van der Waals surface area contributed by atoms with Crippen molar-refractivity contribution in [2.24, 2.45) is 0 Å². The lowest BCUT2D eigenvalue weighted by atomic mass is 10.2. The highest BCUT2D eigenvalue weighted by Gasteiger charge is 2.34. The highest BCUT2D eigenvalue weighted by atomic mass is 19.4. The number of anilines is 2. The van der Waals surface area contributed by atoms with E-state index in [-0.39, 0.29) is 17.3 Å². The summed E-state index contributed by atoms with van der Waals surface area (Å²) < 4.78 is 39.7. The largest absolute Gasteiger partial charge is 0.433 e. The van der Waals surface area contributed by atoms with Crippen molar-refractivity contribution in [1.82, 2.24) is 15.0 Å². The molecular weight excluding hydrogens is 371 g/mol. The SMILES string of the molecule is CC(Nc1cc(C(F)(F)F)nc(-c2ccccn2)n1)C(=O)Nc1ccccc1. The first kappa shape index (κ1) is 19.3. The number of benzene rings is 1. The van der Waals surface area contributed by atoms with Gasteiger partial charge in [0.15, 0.2) is 11.5 Å². The Morgan fingerprint density at radius 3 is 2.39 bits per heavy atom. The summed E-state index contributed by atoms with van der Waals surface area (Å²) in [6, 6.07) is 13.4. The fraction of sp³-hybridized carbons (Fsp3) is 0.158. The van der Waals surface area contributed by atoms with E-state index in [0.717, 1.165) is 6.07 Å². The van der Waals surface area contributed by atoms with E-state index < -0.39 is 23.8 Å². The van der Waals surface area contributed by atoms with Gasteiger partial charge < -0.3 is 10.6 Å². The van der Waals surface area contributed by atoms with Crippen LogP contribution in [0.3, 0.4) is 0 Å². The van der Waals surface area contributed by atoms with Crippen LogP contribution in [0.1, 0.15) is 12.6 Å². The Labute approximate surface area is 158 Å². The lowest BCUT2D eigenvalue weighted by Gasteiger charge is -2.16. The minimum absolute atomic E-state index is 0.126. The van der Waals surface area contributed by atoms with Gasteiger partial charge in [0.25, 0.3) is 0 Å². The molecule has 1 atom stereocenters. The summed E-state index contributed by atoms with van der Waals surface area (Å²) in [5.41, 5.74) is -0.353. The Balaban J connectivity index is 1.85. The Morgan fingerprint density at radius 1 is 1.04 bits per heavy atom. The molecule has 2 heterocycles. The molecule has 0 aliphatic carbocycles. The lowest BCUT2D eigenvalue weighted by molar-refractivity contribution is -0.141. The molecule has 1 unspecified atom stereocenters. The van der Waals surface area contributed by atoms with E-state index >= 15 is 0 Å². The Kier molecular flexibility index (Phi) is 5.53. The fourth-order valence-corrected chi connectivity index (χ4v) is 2.34. The maximum atomic E-state index is 13.2. The number of nitrogens with one attached hydrogen (secondary N) is 2. The van der Waals surface area contributed by atoms with E-state index in [0.29, 0.717) is 5.69 Å². The van der Waals surface area contributed by atoms with Crippen molar-refractivity contribution in [2.75, 3.05) is 10.6 Å². The second-order valence-electron chi connectivity index (χ2n) is 5.90. The van der Waals surface area contributed by atoms with Crippen molar-refractivity contribution in [2.45, 2.75) is 19.1 Å². The molecule has 1 aromatic carbocycles. The van der Waals surface area contributed by atoms with Crippen LogP contribution in [-0.2, 0) is 11.0 Å². The molecule has 3 rings (SSSR count). The van der Waals surface area contributed by atoms with E-state index in [2.05, 4.69) is 25.6 Å². The Bertz CT molecular complexity index is 949. The summed E-state index contributed by atoms with van der Waals surface area (Å²) in [6.07, 6.45) is -3.24. The molecule has 2 N–H and O–H groups in total. The van der Waals surface area contributed by atoms with Gasteiger partial charge >= 0.3 is 6.18 Å². The smallest absolute Gasteiger partial charge is 0.358 e. The van der Waals surface area contributed by atoms with Crippen LogP contribution in [0.25, 0.3) is 11.5 Å². The van der Waals surface area contributed by atoms with Crippen molar-refractivity contribution < 1.29 is 18.0 Å². The molecule has 3 aromatic rings. The van der Waals surface area contributed by atoms with Gasteiger partial charge in [0.2, 0.25) is 5.91 Å². The van der Waals surface area contributed by atoms with Gasteiger partial charge in [-0.2, -0.15) is 13.2 Å². The number of rotatable bonds is 5. The van der Waals surface area contributed by atoms with Gasteiger partial charge in [0.1, 0.15) is 17.6 Å². The third-order valence-electron chi connectivity index (χ3n) is 3.71. The summed E-state index contributed by atoms with van der Waals surface area (Å²) in [6.45, 7) is 1.52. The summed E-state index contributed by atoms with van der Waals surface area (Å²) in [5, 5.41) is 5.37. The van der Waals surface area contributed by atoms with Crippen molar-refractivity contribution in [1.29, 1.82) is 0 Å². The van der Waals surface area contributed by atoms with Crippen molar-refractivity contribution >= 4 is 17.4 Å². The monoisotopic (exact) mass is 387 g/mol. The highest BCUT2D eigenvalue weighted by molar-refractivity contribution is 5.96. The number of pyridine rings is 1. The molecule has 0 fully saturated rings. The molecule has 0 aliphatic rings. The topological polar surface area (TPSA) is 79.8 Å². The fourth-order valence-electron chi connectivity index (χ4n) is 2.34. The van der Waals surface area contributed by atoms with Gasteiger partial charge in [-0.3, -0.25) is 9.78 Å². The van der Waals surface area contributed by atoms with Gasteiger partial charge in [-0.25, -0.2) is 9.97 Å². The molecule has 144 valence electrons. The molecule has 0 aliphatic heterocycles. The second kappa shape index (κ2) is 8.03. The quantitative estimate of drug-likeness (QED) is 0.692. The molecule has 0 bridgehead atoms. The van der Waals surface area contributed by atoms with Crippen LogP contribution < -0.4 is 10.6 Å². The zero-order chi connectivity index (χ0) is 20.1. The van der Waals surface area contributed by atoms with Gasteiger partial charge in [-0.15, -0.1) is 0 Å². The van der Waals surface area contributed by atoms with Crippen LogP contribution in [0.5, 0.6) is 0 Å². The molecule has 9 heteroatoms. The van der Waals surface area contributed by atoms with Crippen LogP contribution in [0.2, 0.25) is 0 Å². The lowest BCUT2D eigenvalue weighted by Crippen LogP contribution is -2.32. The van der Waals surface area contributed by atoms with Crippen molar-refractivity contribution in [3.63, 3.8) is 0 Å². The molecule has 6 nitrogen and oxygen atoms in total. The molecule has 0 radical (unpaired) electrons. The molecule has 0 saturated heterocycles. The first-order chi connectivity index (χ1) is 13.3. The van der Waals surface area contributed by atoms with Crippen LogP contribution >= 0.6 is 0 Å². The van der Waals surface area contributed by atoms with Crippen molar-refractivity contribution in [3.8, 4) is 11.5 Å². The average molecular weight is 387 g/mol. The maximum Gasteiger partial charge on any atom is 0.433 e. The summed E-state index contributed by atoms with van der Waals surface area (Å²) in [4.78, 5) is 23.9. The average Bonchev–Trinajstić information content (AvgIpc) is 2.68. The number of hydrogen-bond acceptors (Lipinski definition) is 5. The van der Waals surface area contributed by atoms with E-state index in [9.17, 15) is 18.0 Å². The summed E-state index contributed by atoms with van der Waals surface area (Å²) in [5.74, 6) is -0.731. The minimum Gasteiger partial charge on any atom is -0.358 e. The van der Waals surface area contributed by atoms with Crippen LogP contribution in [0.15, 0.2) is 60.8 Å². The highest BCUT2D eigenvalue weighted by Crippen LogP contribution is 2.30. The Hall–Kier alpha value is -3.49. The number of para-hydroxylation sites is 1. The molecular formula is C19H16F3N5O. The molecule has 2 aromatic heterocycles. The predicted molar refractivity (Wildman–Crippen MR) is 98.4 cm³/mol. The second-order valence-corrected chi connectivity index (χ2v) is 5.90. The van der Waals surface area contributed by atoms with Crippen LogP contribution in [-0.4, -0.2) is 26.9 Å². The van der Waals surface area contributed by atoms with E-state index in [1.807, 2.05) is 0 Å². The number of nitrogens with zero attached hydrogens (tertiary/aromatic N) is 3. The zero-order valence-corrected chi connectivity index (χ0v) is 14.7. The van der Waals surface area contributed by atoms with E-state index in [4.69, 9.17) is 0 Å². The minimum atomic E-state index is -4.67. The van der Waals surface area contributed by atoms with Gasteiger partial charge in [0, 0.05) is 18.0 Å². The van der Waals surface area contributed by atoms with Gasteiger partial charge in [0.05, 0.1) is 0 Å². The van der Waals surface area contributed by atoms with Gasteiger partial charge in [-0.05, 0) is 31.2 Å². The zero-order valence-electron chi connectivity index (χ0n) is 14.7. The van der Waals surface area contributed by atoms with Crippen LogP contribution in [0, 0.1) is 0 Å². The summed E-state index contributed by atoms with van der Waals surface area (Å²) >= 11 is 0. The number of halogens is 3. The number of carbonyl (C=O) groups is 1. The maximum absolute atomic E-state index is 13.2. The number of carbonyl (C=O) groups excluding carboxylic acids is 1. The molecule has 0 saturated carbocycles. The molecule has 28 heavy (non-hydrogen) atoms. The number of hydrogen-bond donors (Lipinski definition) is 2. The standard InChI is InChI=1S/C19H16F3N5O/c1-12(18(28)25-13-7-3-2-4-8-13)24-16-11-15(19(20,21)22)26-17(27-16)14-9-5-6-10-23-14/h2-12H,1H3,(H,25,28)(H,24,26,27). The van der Waals surface area contributed by atoms with Crippen LogP contribution in [0.4, 0.5) is 24.7 Å². The summed E-state index contributed by atoms with van der Waals surface area (Å²) in [7, 11) is 0. The number of aromatic nitrogens is 3. The third kappa shape index (κ3) is 4.81. The van der Waals surface area contributed by atoms with Crippen molar-refractivity contribution in [3.05, 3.63) is 66.5 Å². The van der Waals surface area contributed by atoms with E-state index in [1.165, 1.54) is 19.2 Å². The normalized spacial score (nSPS) is 12.3. The first-order valence-corrected chi connectivity index (χ1v) is 8.33. The predicted octanol–water partition coefficient (Wildman–Crippen LogP) is 4.00. The molecule has 0 spiro atoms. The number of alkyl halides is 3. The molecule has 1 amide bonds. The first-order valence-electron chi connectivity index (χ1n) is 8.33. The van der Waals surface area contributed by atoms with Gasteiger partial charge in [-0.1, -0.05) is 24.3 Å². The number of amides is 1.